The minimum Gasteiger partial charge on any atom is -0.352 e. The highest BCUT2D eigenvalue weighted by Gasteiger charge is 2.26. The van der Waals surface area contributed by atoms with Gasteiger partial charge in [-0.3, -0.25) is 14.9 Å². The first kappa shape index (κ1) is 14.4. The minimum atomic E-state index is -1.43. The zero-order valence-electron chi connectivity index (χ0n) is 10.7. The van der Waals surface area contributed by atoms with Crippen LogP contribution >= 0.6 is 0 Å². The van der Waals surface area contributed by atoms with Crippen LogP contribution in [0.25, 0.3) is 0 Å². The average molecular weight is 284 g/mol. The standard InChI is InChI=1S/C13H14F2N2O3/c14-9-5-6-10(17(19)20)12(15)11(9)13(18)16-7-8-3-1-2-4-8/h5-6,8H,1-4,7H2,(H,16,18). The van der Waals surface area contributed by atoms with Crippen molar-refractivity contribution < 1.29 is 18.5 Å². The third-order valence-electron chi connectivity index (χ3n) is 3.52. The van der Waals surface area contributed by atoms with E-state index >= 15 is 0 Å². The van der Waals surface area contributed by atoms with Crippen LogP contribution in [0.2, 0.25) is 0 Å². The van der Waals surface area contributed by atoms with Gasteiger partial charge in [-0.2, -0.15) is 4.39 Å². The summed E-state index contributed by atoms with van der Waals surface area (Å²) in [4.78, 5) is 21.4. The molecule has 0 unspecified atom stereocenters. The Bertz CT molecular complexity index is 543. The predicted octanol–water partition coefficient (Wildman–Crippen LogP) is 2.79. The van der Waals surface area contributed by atoms with Crippen LogP contribution in [-0.2, 0) is 0 Å². The molecule has 108 valence electrons. The SMILES string of the molecule is O=C(NCC1CCCC1)c1c(F)ccc([N+](=O)[O-])c1F. The molecule has 2 rings (SSSR count). The molecule has 1 N–H and O–H groups in total. The van der Waals surface area contributed by atoms with Crippen molar-refractivity contribution in [1.82, 2.24) is 5.32 Å². The number of nitrogens with zero attached hydrogens (tertiary/aromatic N) is 1. The maximum absolute atomic E-state index is 13.8. The molecule has 0 atom stereocenters. The van der Waals surface area contributed by atoms with E-state index in [0.717, 1.165) is 31.7 Å². The van der Waals surface area contributed by atoms with E-state index in [1.165, 1.54) is 0 Å². The third kappa shape index (κ3) is 2.92. The van der Waals surface area contributed by atoms with E-state index < -0.39 is 33.7 Å². The van der Waals surface area contributed by atoms with Gasteiger partial charge in [0, 0.05) is 12.6 Å². The fourth-order valence-corrected chi connectivity index (χ4v) is 2.43. The molecule has 5 nitrogen and oxygen atoms in total. The van der Waals surface area contributed by atoms with Crippen LogP contribution in [-0.4, -0.2) is 17.4 Å². The zero-order valence-corrected chi connectivity index (χ0v) is 10.7. The number of carbonyl (C=O) groups is 1. The molecule has 1 aromatic rings. The van der Waals surface area contributed by atoms with Crippen LogP contribution in [0.5, 0.6) is 0 Å². The fraction of sp³-hybridized carbons (Fsp3) is 0.462. The molecule has 1 amide bonds. The van der Waals surface area contributed by atoms with Gasteiger partial charge in [0.15, 0.2) is 0 Å². The molecule has 1 aromatic carbocycles. The smallest absolute Gasteiger partial charge is 0.305 e. The molecule has 1 saturated carbocycles. The van der Waals surface area contributed by atoms with E-state index in [-0.39, 0.29) is 0 Å². The molecular weight excluding hydrogens is 270 g/mol. The number of nitrogens with one attached hydrogen (secondary N) is 1. The number of hydrogen-bond acceptors (Lipinski definition) is 3. The number of hydrogen-bond donors (Lipinski definition) is 1. The number of carbonyl (C=O) groups excluding carboxylic acids is 1. The third-order valence-corrected chi connectivity index (χ3v) is 3.52. The monoisotopic (exact) mass is 284 g/mol. The fourth-order valence-electron chi connectivity index (χ4n) is 2.43. The summed E-state index contributed by atoms with van der Waals surface area (Å²) in [6.07, 6.45) is 4.11. The molecule has 0 bridgehead atoms. The van der Waals surface area contributed by atoms with Gasteiger partial charge in [-0.15, -0.1) is 0 Å². The number of benzene rings is 1. The molecule has 0 spiro atoms. The van der Waals surface area contributed by atoms with Crippen LogP contribution in [0.3, 0.4) is 0 Å². The van der Waals surface area contributed by atoms with Crippen molar-refractivity contribution in [1.29, 1.82) is 0 Å². The highest BCUT2D eigenvalue weighted by Crippen LogP contribution is 2.25. The lowest BCUT2D eigenvalue weighted by Crippen LogP contribution is -2.30. The zero-order chi connectivity index (χ0) is 14.7. The van der Waals surface area contributed by atoms with Crippen LogP contribution in [0.4, 0.5) is 14.5 Å². The number of nitro benzene ring substituents is 1. The van der Waals surface area contributed by atoms with Crippen molar-refractivity contribution in [2.75, 3.05) is 6.54 Å². The molecule has 1 fully saturated rings. The Morgan fingerprint density at radius 3 is 2.60 bits per heavy atom. The predicted molar refractivity (Wildman–Crippen MR) is 67.3 cm³/mol. The minimum absolute atomic E-state index is 0.309. The molecular formula is C13H14F2N2O3. The highest BCUT2D eigenvalue weighted by atomic mass is 19.1. The second-order valence-corrected chi connectivity index (χ2v) is 4.87. The molecule has 7 heteroatoms. The summed E-state index contributed by atoms with van der Waals surface area (Å²) in [5.74, 6) is -3.17. The van der Waals surface area contributed by atoms with E-state index in [0.29, 0.717) is 18.5 Å². The number of halogens is 2. The van der Waals surface area contributed by atoms with Gasteiger partial charge < -0.3 is 5.32 Å². The van der Waals surface area contributed by atoms with Gasteiger partial charge in [-0.05, 0) is 24.8 Å². The summed E-state index contributed by atoms with van der Waals surface area (Å²) in [5.41, 5.74) is -1.80. The van der Waals surface area contributed by atoms with Gasteiger partial charge in [-0.1, -0.05) is 12.8 Å². The van der Waals surface area contributed by atoms with E-state index in [1.54, 1.807) is 0 Å². The van der Waals surface area contributed by atoms with Gasteiger partial charge in [-0.25, -0.2) is 4.39 Å². The van der Waals surface area contributed by atoms with Crippen molar-refractivity contribution in [3.8, 4) is 0 Å². The van der Waals surface area contributed by atoms with Crippen molar-refractivity contribution in [3.05, 3.63) is 39.4 Å². The van der Waals surface area contributed by atoms with E-state index in [2.05, 4.69) is 5.32 Å². The van der Waals surface area contributed by atoms with Gasteiger partial charge in [0.25, 0.3) is 5.91 Å². The van der Waals surface area contributed by atoms with Crippen LogP contribution in [0.15, 0.2) is 12.1 Å². The maximum Gasteiger partial charge on any atom is 0.305 e. The largest absolute Gasteiger partial charge is 0.352 e. The Kier molecular flexibility index (Phi) is 4.26. The van der Waals surface area contributed by atoms with Gasteiger partial charge in [0.05, 0.1) is 4.92 Å². The molecule has 0 aromatic heterocycles. The molecule has 20 heavy (non-hydrogen) atoms. The molecule has 0 saturated heterocycles. The number of rotatable bonds is 4. The molecule has 0 aliphatic heterocycles. The first-order chi connectivity index (χ1) is 9.50. The Morgan fingerprint density at radius 1 is 1.35 bits per heavy atom. The summed E-state index contributed by atoms with van der Waals surface area (Å²) >= 11 is 0. The summed E-state index contributed by atoms with van der Waals surface area (Å²) in [7, 11) is 0. The Hall–Kier alpha value is -2.05. The van der Waals surface area contributed by atoms with Crippen LogP contribution < -0.4 is 5.32 Å². The Balaban J connectivity index is 2.15. The molecule has 0 heterocycles. The average Bonchev–Trinajstić information content (AvgIpc) is 2.89. The van der Waals surface area contributed by atoms with Crippen molar-refractivity contribution in [2.24, 2.45) is 5.92 Å². The molecule has 0 radical (unpaired) electrons. The van der Waals surface area contributed by atoms with Crippen molar-refractivity contribution in [3.63, 3.8) is 0 Å². The number of amides is 1. The van der Waals surface area contributed by atoms with Crippen molar-refractivity contribution in [2.45, 2.75) is 25.7 Å². The second kappa shape index (κ2) is 5.94. The maximum atomic E-state index is 13.8. The van der Waals surface area contributed by atoms with Crippen LogP contribution in [0.1, 0.15) is 36.0 Å². The van der Waals surface area contributed by atoms with Crippen LogP contribution in [0, 0.1) is 27.7 Å². The normalized spacial score (nSPS) is 15.3. The second-order valence-electron chi connectivity index (χ2n) is 4.87. The van der Waals surface area contributed by atoms with Gasteiger partial charge >= 0.3 is 5.69 Å². The summed E-state index contributed by atoms with van der Waals surface area (Å²) in [5, 5.41) is 13.0. The summed E-state index contributed by atoms with van der Waals surface area (Å²) in [6, 6.07) is 1.43. The topological polar surface area (TPSA) is 72.2 Å². The Morgan fingerprint density at radius 2 is 2.00 bits per heavy atom. The molecule has 1 aliphatic rings. The van der Waals surface area contributed by atoms with Crippen molar-refractivity contribution >= 4 is 11.6 Å². The van der Waals surface area contributed by atoms with Gasteiger partial charge in [0.1, 0.15) is 11.4 Å². The van der Waals surface area contributed by atoms with E-state index in [9.17, 15) is 23.7 Å². The quantitative estimate of drug-likeness (QED) is 0.682. The highest BCUT2D eigenvalue weighted by molar-refractivity contribution is 5.95. The van der Waals surface area contributed by atoms with E-state index in [4.69, 9.17) is 0 Å². The summed E-state index contributed by atoms with van der Waals surface area (Å²) in [6.45, 7) is 0.334. The molecule has 1 aliphatic carbocycles. The lowest BCUT2D eigenvalue weighted by molar-refractivity contribution is -0.387. The Labute approximate surface area is 114 Å². The number of nitro groups is 1. The first-order valence-corrected chi connectivity index (χ1v) is 6.41. The lowest BCUT2D eigenvalue weighted by Gasteiger charge is -2.11. The first-order valence-electron chi connectivity index (χ1n) is 6.41. The van der Waals surface area contributed by atoms with E-state index in [1.807, 2.05) is 0 Å². The van der Waals surface area contributed by atoms with Gasteiger partial charge in [0.2, 0.25) is 5.82 Å². The lowest BCUT2D eigenvalue weighted by atomic mass is 10.1. The summed E-state index contributed by atoms with van der Waals surface area (Å²) < 4.78 is 27.3.